The van der Waals surface area contributed by atoms with Crippen molar-refractivity contribution in [1.29, 1.82) is 0 Å². The van der Waals surface area contributed by atoms with Crippen molar-refractivity contribution in [3.63, 3.8) is 0 Å². The molecule has 0 aliphatic rings. The van der Waals surface area contributed by atoms with Gasteiger partial charge in [0.15, 0.2) is 9.84 Å². The van der Waals surface area contributed by atoms with Gasteiger partial charge in [-0.3, -0.25) is 4.79 Å². The SMILES string of the molecule is Cc1cc([C@H](C)NC(=O)[C@@H](C)CS(=O)(=O)c2ccc(Br)cc2)c(C)s1. The molecule has 0 aliphatic heterocycles. The van der Waals surface area contributed by atoms with E-state index in [1.54, 1.807) is 42.5 Å². The summed E-state index contributed by atoms with van der Waals surface area (Å²) < 4.78 is 25.8. The molecule has 1 amide bonds. The van der Waals surface area contributed by atoms with E-state index in [0.717, 1.165) is 10.0 Å². The molecule has 2 rings (SSSR count). The fourth-order valence-electron chi connectivity index (χ4n) is 2.66. The van der Waals surface area contributed by atoms with Gasteiger partial charge >= 0.3 is 0 Å². The van der Waals surface area contributed by atoms with Crippen molar-refractivity contribution in [3.8, 4) is 0 Å². The Hall–Kier alpha value is -1.18. The summed E-state index contributed by atoms with van der Waals surface area (Å²) in [7, 11) is -3.51. The molecule has 1 heterocycles. The van der Waals surface area contributed by atoms with Crippen molar-refractivity contribution in [3.05, 3.63) is 50.1 Å². The average Bonchev–Trinajstić information content (AvgIpc) is 2.85. The van der Waals surface area contributed by atoms with Crippen LogP contribution >= 0.6 is 27.3 Å². The maximum absolute atomic E-state index is 12.5. The van der Waals surface area contributed by atoms with Crippen LogP contribution in [0.4, 0.5) is 0 Å². The minimum atomic E-state index is -3.51. The van der Waals surface area contributed by atoms with E-state index in [2.05, 4.69) is 27.3 Å². The summed E-state index contributed by atoms with van der Waals surface area (Å²) in [5.74, 6) is -1.10. The van der Waals surface area contributed by atoms with Crippen molar-refractivity contribution < 1.29 is 13.2 Å². The van der Waals surface area contributed by atoms with Gasteiger partial charge in [0.05, 0.1) is 16.7 Å². The number of hydrogen-bond acceptors (Lipinski definition) is 4. The second kappa shape index (κ2) is 8.01. The molecule has 0 unspecified atom stereocenters. The van der Waals surface area contributed by atoms with Crippen LogP contribution in [0.15, 0.2) is 39.7 Å². The molecule has 0 bridgehead atoms. The second-order valence-corrected chi connectivity index (χ2v) is 10.6. The van der Waals surface area contributed by atoms with Gasteiger partial charge in [0.1, 0.15) is 0 Å². The number of carbonyl (C=O) groups excluding carboxylic acids is 1. The number of sulfone groups is 1. The van der Waals surface area contributed by atoms with Crippen LogP contribution in [0.3, 0.4) is 0 Å². The van der Waals surface area contributed by atoms with Gasteiger partial charge in [-0.25, -0.2) is 8.42 Å². The smallest absolute Gasteiger partial charge is 0.224 e. The van der Waals surface area contributed by atoms with Gasteiger partial charge in [-0.1, -0.05) is 22.9 Å². The number of aryl methyl sites for hydroxylation is 2. The zero-order chi connectivity index (χ0) is 18.8. The highest BCUT2D eigenvalue weighted by Crippen LogP contribution is 2.26. The van der Waals surface area contributed by atoms with Crippen LogP contribution in [0, 0.1) is 19.8 Å². The van der Waals surface area contributed by atoms with Gasteiger partial charge in [-0.05, 0) is 56.7 Å². The second-order valence-electron chi connectivity index (χ2n) is 6.24. The Morgan fingerprint density at radius 3 is 2.32 bits per heavy atom. The number of halogens is 1. The Balaban J connectivity index is 2.04. The first-order chi connectivity index (χ1) is 11.6. The summed E-state index contributed by atoms with van der Waals surface area (Å²) in [4.78, 5) is 15.0. The highest BCUT2D eigenvalue weighted by atomic mass is 79.9. The van der Waals surface area contributed by atoms with Gasteiger partial charge in [0.25, 0.3) is 0 Å². The van der Waals surface area contributed by atoms with Gasteiger partial charge in [-0.2, -0.15) is 0 Å². The van der Waals surface area contributed by atoms with Crippen LogP contribution in [0.2, 0.25) is 0 Å². The fourth-order valence-corrected chi connectivity index (χ4v) is 5.50. The predicted octanol–water partition coefficient (Wildman–Crippen LogP) is 4.41. The third-order valence-corrected chi connectivity index (χ3v) is 7.43. The normalized spacial score (nSPS) is 14.1. The minimum absolute atomic E-state index is 0.143. The molecule has 2 aromatic rings. The summed E-state index contributed by atoms with van der Waals surface area (Å²) in [6.07, 6.45) is 0. The molecule has 0 spiro atoms. The molecule has 136 valence electrons. The van der Waals surface area contributed by atoms with Crippen LogP contribution in [-0.2, 0) is 14.6 Å². The Morgan fingerprint density at radius 1 is 1.20 bits per heavy atom. The monoisotopic (exact) mass is 443 g/mol. The summed E-state index contributed by atoms with van der Waals surface area (Å²) in [6, 6.07) is 8.38. The number of amides is 1. The zero-order valence-electron chi connectivity index (χ0n) is 14.7. The van der Waals surface area contributed by atoms with E-state index < -0.39 is 15.8 Å². The lowest BCUT2D eigenvalue weighted by molar-refractivity contribution is -0.124. The Bertz CT molecular complexity index is 857. The first-order valence-corrected chi connectivity index (χ1v) is 11.2. The number of benzene rings is 1. The lowest BCUT2D eigenvalue weighted by atomic mass is 10.1. The van der Waals surface area contributed by atoms with Crippen molar-refractivity contribution in [2.24, 2.45) is 5.92 Å². The van der Waals surface area contributed by atoms with Crippen molar-refractivity contribution in [2.45, 2.75) is 38.6 Å². The molecule has 1 N–H and O–H groups in total. The highest BCUT2D eigenvalue weighted by molar-refractivity contribution is 9.10. The maximum Gasteiger partial charge on any atom is 0.224 e. The molecular weight excluding hydrogens is 422 g/mol. The molecule has 0 saturated carbocycles. The number of nitrogens with one attached hydrogen (secondary N) is 1. The number of thiophene rings is 1. The van der Waals surface area contributed by atoms with Crippen molar-refractivity contribution >= 4 is 43.0 Å². The van der Waals surface area contributed by atoms with Gasteiger partial charge in [0, 0.05) is 20.1 Å². The summed E-state index contributed by atoms with van der Waals surface area (Å²) in [6.45, 7) is 7.62. The van der Waals surface area contributed by atoms with Crippen molar-refractivity contribution in [2.75, 3.05) is 5.75 Å². The van der Waals surface area contributed by atoms with Crippen LogP contribution < -0.4 is 5.32 Å². The van der Waals surface area contributed by atoms with Gasteiger partial charge in [0.2, 0.25) is 5.91 Å². The molecule has 0 aliphatic carbocycles. The highest BCUT2D eigenvalue weighted by Gasteiger charge is 2.25. The molecule has 2 atom stereocenters. The number of rotatable bonds is 6. The first kappa shape index (κ1) is 20.1. The third kappa shape index (κ3) is 5.15. The van der Waals surface area contributed by atoms with Crippen LogP contribution in [0.25, 0.3) is 0 Å². The molecule has 1 aromatic heterocycles. The topological polar surface area (TPSA) is 63.2 Å². The van der Waals surface area contributed by atoms with E-state index in [0.29, 0.717) is 0 Å². The Morgan fingerprint density at radius 2 is 1.80 bits per heavy atom. The molecular formula is C18H22BrNO3S2. The van der Waals surface area contributed by atoms with Crippen LogP contribution in [0.1, 0.15) is 35.2 Å². The lowest BCUT2D eigenvalue weighted by Gasteiger charge is -2.18. The summed E-state index contributed by atoms with van der Waals surface area (Å²) in [5.41, 5.74) is 1.08. The van der Waals surface area contributed by atoms with Crippen LogP contribution in [-0.4, -0.2) is 20.1 Å². The standard InChI is InChI=1S/C18H22BrNO3S2/c1-11(10-25(22,23)16-7-5-15(19)6-8-16)18(21)20-13(3)17-9-12(2)24-14(17)4/h5-9,11,13H,10H2,1-4H3,(H,20,21)/t11-,13-/m0/s1. The lowest BCUT2D eigenvalue weighted by Crippen LogP contribution is -2.34. The maximum atomic E-state index is 12.5. The number of hydrogen-bond donors (Lipinski definition) is 1. The van der Waals surface area contributed by atoms with E-state index in [1.165, 1.54) is 9.75 Å². The van der Waals surface area contributed by atoms with Crippen LogP contribution in [0.5, 0.6) is 0 Å². The zero-order valence-corrected chi connectivity index (χ0v) is 17.9. The molecule has 1 aromatic carbocycles. The largest absolute Gasteiger partial charge is 0.349 e. The minimum Gasteiger partial charge on any atom is -0.349 e. The molecule has 0 radical (unpaired) electrons. The molecule has 0 fully saturated rings. The van der Waals surface area contributed by atoms with E-state index in [1.807, 2.05) is 20.8 Å². The fraction of sp³-hybridized carbons (Fsp3) is 0.389. The molecule has 0 saturated heterocycles. The summed E-state index contributed by atoms with van der Waals surface area (Å²) in [5, 5.41) is 2.93. The summed E-state index contributed by atoms with van der Waals surface area (Å²) >= 11 is 4.98. The molecule has 7 heteroatoms. The van der Waals surface area contributed by atoms with Crippen molar-refractivity contribution in [1.82, 2.24) is 5.32 Å². The quantitative estimate of drug-likeness (QED) is 0.718. The molecule has 4 nitrogen and oxygen atoms in total. The van der Waals surface area contributed by atoms with E-state index in [-0.39, 0.29) is 22.6 Å². The Labute approximate surface area is 161 Å². The van der Waals surface area contributed by atoms with E-state index in [9.17, 15) is 13.2 Å². The average molecular weight is 444 g/mol. The molecule has 25 heavy (non-hydrogen) atoms. The third-order valence-electron chi connectivity index (χ3n) is 3.99. The van der Waals surface area contributed by atoms with Gasteiger partial charge < -0.3 is 5.32 Å². The first-order valence-electron chi connectivity index (χ1n) is 7.96. The van der Waals surface area contributed by atoms with E-state index in [4.69, 9.17) is 0 Å². The van der Waals surface area contributed by atoms with Gasteiger partial charge in [-0.15, -0.1) is 11.3 Å². The predicted molar refractivity (Wildman–Crippen MR) is 106 cm³/mol. The number of carbonyl (C=O) groups is 1. The van der Waals surface area contributed by atoms with E-state index >= 15 is 0 Å². The Kier molecular flexibility index (Phi) is 6.45.